The molecule has 2 aromatic heterocycles. The molecule has 2 saturated heterocycles. The third kappa shape index (κ3) is 2.25. The zero-order valence-electron chi connectivity index (χ0n) is 13.0. The van der Waals surface area contributed by atoms with Crippen molar-refractivity contribution in [2.45, 2.75) is 0 Å². The van der Waals surface area contributed by atoms with Crippen molar-refractivity contribution >= 4 is 29.9 Å². The number of aromatic nitrogens is 3. The summed E-state index contributed by atoms with van der Waals surface area (Å²) in [4.78, 5) is 30.9. The summed E-state index contributed by atoms with van der Waals surface area (Å²) >= 11 is 0. The molecule has 24 heavy (non-hydrogen) atoms. The summed E-state index contributed by atoms with van der Waals surface area (Å²) in [5.41, 5.74) is 0.294. The van der Waals surface area contributed by atoms with E-state index in [0.717, 1.165) is 0 Å². The minimum atomic E-state index is -0.749. The number of rotatable bonds is 2. The minimum Gasteiger partial charge on any atom is -0.468 e. The van der Waals surface area contributed by atoms with Crippen LogP contribution < -0.4 is 0 Å². The first-order chi connectivity index (χ1) is 11.2. The topological polar surface area (TPSA) is 86.0 Å². The van der Waals surface area contributed by atoms with E-state index in [9.17, 15) is 9.59 Å². The van der Waals surface area contributed by atoms with Crippen molar-refractivity contribution < 1.29 is 19.1 Å². The monoisotopic (exact) mass is 352 g/mol. The maximum Gasteiger partial charge on any atom is 0.316 e. The van der Waals surface area contributed by atoms with Crippen LogP contribution in [0.5, 0.6) is 0 Å². The van der Waals surface area contributed by atoms with Crippen LogP contribution in [0.1, 0.15) is 10.5 Å². The molecule has 1 amide bonds. The molecule has 0 aromatic carbocycles. The molecular weight excluding hydrogens is 336 g/mol. The molecule has 2 aliphatic heterocycles. The summed E-state index contributed by atoms with van der Waals surface area (Å²) in [6.45, 7) is 1.53. The van der Waals surface area contributed by atoms with Crippen molar-refractivity contribution in [3.8, 4) is 0 Å². The molecule has 0 N–H and O–H groups in total. The van der Waals surface area contributed by atoms with Gasteiger partial charge in [-0.2, -0.15) is 5.10 Å². The number of hydrogen-bond donors (Lipinski definition) is 0. The molecule has 2 aliphatic rings. The number of pyridine rings is 1. The Labute approximate surface area is 144 Å². The zero-order chi connectivity index (χ0) is 16.0. The molecule has 0 bridgehead atoms. The number of esters is 1. The summed E-state index contributed by atoms with van der Waals surface area (Å²) < 4.78 is 11.9. The quantitative estimate of drug-likeness (QED) is 0.728. The van der Waals surface area contributed by atoms with Gasteiger partial charge in [-0.3, -0.25) is 9.59 Å². The van der Waals surface area contributed by atoms with Gasteiger partial charge in [0.05, 0.1) is 20.3 Å². The van der Waals surface area contributed by atoms with Crippen molar-refractivity contribution in [2.24, 2.45) is 11.3 Å². The van der Waals surface area contributed by atoms with E-state index >= 15 is 0 Å². The summed E-state index contributed by atoms with van der Waals surface area (Å²) in [7, 11) is 1.37. The SMILES string of the molecule is COC(=O)[C@@]12COC[C@@H]1CN(C(=O)c1cccc3ncnn13)C2.Cl. The average molecular weight is 353 g/mol. The second kappa shape index (κ2) is 6.03. The van der Waals surface area contributed by atoms with Crippen LogP contribution >= 0.6 is 12.4 Å². The van der Waals surface area contributed by atoms with Crippen molar-refractivity contribution in [3.05, 3.63) is 30.2 Å². The average Bonchev–Trinajstić information content (AvgIpc) is 3.25. The van der Waals surface area contributed by atoms with Gasteiger partial charge < -0.3 is 14.4 Å². The Morgan fingerprint density at radius 2 is 2.25 bits per heavy atom. The Balaban J connectivity index is 0.00000169. The highest BCUT2D eigenvalue weighted by atomic mass is 35.5. The third-order valence-electron chi connectivity index (χ3n) is 4.77. The van der Waals surface area contributed by atoms with Crippen molar-refractivity contribution in [1.82, 2.24) is 19.5 Å². The number of nitrogens with zero attached hydrogens (tertiary/aromatic N) is 4. The van der Waals surface area contributed by atoms with Gasteiger partial charge in [0.15, 0.2) is 5.65 Å². The maximum absolute atomic E-state index is 12.9. The summed E-state index contributed by atoms with van der Waals surface area (Å²) in [5, 5.41) is 4.09. The van der Waals surface area contributed by atoms with Crippen molar-refractivity contribution in [1.29, 1.82) is 0 Å². The van der Waals surface area contributed by atoms with Gasteiger partial charge in [-0.25, -0.2) is 9.50 Å². The molecular formula is C15H17ClN4O4. The van der Waals surface area contributed by atoms with Crippen LogP contribution in [-0.2, 0) is 14.3 Å². The molecule has 0 aliphatic carbocycles. The lowest BCUT2D eigenvalue weighted by Crippen LogP contribution is -2.41. The van der Waals surface area contributed by atoms with Crippen LogP contribution in [0.25, 0.3) is 5.65 Å². The Morgan fingerprint density at radius 3 is 3.04 bits per heavy atom. The minimum absolute atomic E-state index is 0. The Morgan fingerprint density at radius 1 is 1.42 bits per heavy atom. The molecule has 4 heterocycles. The Hall–Kier alpha value is -2.19. The lowest BCUT2D eigenvalue weighted by molar-refractivity contribution is -0.153. The van der Waals surface area contributed by atoms with E-state index in [0.29, 0.717) is 37.6 Å². The molecule has 0 radical (unpaired) electrons. The lowest BCUT2D eigenvalue weighted by Gasteiger charge is -2.23. The van der Waals surface area contributed by atoms with Gasteiger partial charge in [-0.1, -0.05) is 6.07 Å². The van der Waals surface area contributed by atoms with E-state index < -0.39 is 5.41 Å². The fourth-order valence-electron chi connectivity index (χ4n) is 3.55. The predicted molar refractivity (Wildman–Crippen MR) is 84.9 cm³/mol. The molecule has 9 heteroatoms. The number of fused-ring (bicyclic) bond motifs is 2. The van der Waals surface area contributed by atoms with Gasteiger partial charge in [0.25, 0.3) is 5.91 Å². The van der Waals surface area contributed by atoms with E-state index in [4.69, 9.17) is 9.47 Å². The first-order valence-corrected chi connectivity index (χ1v) is 7.40. The maximum atomic E-state index is 12.9. The van der Waals surface area contributed by atoms with E-state index in [2.05, 4.69) is 10.1 Å². The Kier molecular flexibility index (Phi) is 4.18. The van der Waals surface area contributed by atoms with Gasteiger partial charge in [0, 0.05) is 19.0 Å². The van der Waals surface area contributed by atoms with Crippen molar-refractivity contribution in [2.75, 3.05) is 33.4 Å². The van der Waals surface area contributed by atoms with Gasteiger partial charge in [0.2, 0.25) is 0 Å². The first kappa shape index (κ1) is 16.7. The number of halogens is 1. The number of ether oxygens (including phenoxy) is 2. The number of carbonyl (C=O) groups is 2. The van der Waals surface area contributed by atoms with Gasteiger partial charge in [0.1, 0.15) is 17.4 Å². The normalized spacial score (nSPS) is 25.4. The molecule has 128 valence electrons. The summed E-state index contributed by atoms with van der Waals surface area (Å²) in [5.74, 6) is -0.512. The first-order valence-electron chi connectivity index (χ1n) is 7.40. The molecule has 8 nitrogen and oxygen atoms in total. The van der Waals surface area contributed by atoms with Gasteiger partial charge in [-0.15, -0.1) is 12.4 Å². The second-order valence-electron chi connectivity index (χ2n) is 5.99. The van der Waals surface area contributed by atoms with E-state index in [-0.39, 0.29) is 30.2 Å². The fraction of sp³-hybridized carbons (Fsp3) is 0.467. The number of likely N-dealkylation sites (tertiary alicyclic amines) is 1. The summed E-state index contributed by atoms with van der Waals surface area (Å²) in [6, 6.07) is 5.26. The lowest BCUT2D eigenvalue weighted by atomic mass is 9.81. The molecule has 4 rings (SSSR count). The van der Waals surface area contributed by atoms with Crippen molar-refractivity contribution in [3.63, 3.8) is 0 Å². The highest BCUT2D eigenvalue weighted by Crippen LogP contribution is 2.42. The van der Waals surface area contributed by atoms with Crippen LogP contribution in [-0.4, -0.2) is 64.8 Å². The van der Waals surface area contributed by atoms with Gasteiger partial charge >= 0.3 is 5.97 Å². The van der Waals surface area contributed by atoms with Crippen LogP contribution in [0.4, 0.5) is 0 Å². The van der Waals surface area contributed by atoms with Gasteiger partial charge in [-0.05, 0) is 12.1 Å². The fourth-order valence-corrected chi connectivity index (χ4v) is 3.55. The second-order valence-corrected chi connectivity index (χ2v) is 5.99. The largest absolute Gasteiger partial charge is 0.468 e. The Bertz CT molecular complexity index is 795. The number of carbonyl (C=O) groups excluding carboxylic acids is 2. The molecule has 0 saturated carbocycles. The van der Waals surface area contributed by atoms with E-state index in [1.807, 2.05) is 0 Å². The van der Waals surface area contributed by atoms with Crippen LogP contribution in [0, 0.1) is 11.3 Å². The third-order valence-corrected chi connectivity index (χ3v) is 4.77. The number of hydrogen-bond acceptors (Lipinski definition) is 6. The summed E-state index contributed by atoms with van der Waals surface area (Å²) in [6.07, 6.45) is 1.41. The highest BCUT2D eigenvalue weighted by Gasteiger charge is 2.57. The van der Waals surface area contributed by atoms with E-state index in [1.165, 1.54) is 18.0 Å². The standard InChI is InChI=1S/C15H16N4O4.ClH/c1-22-14(21)15-7-18(5-10(15)6-23-8-15)13(20)11-3-2-4-12-16-9-17-19(11)12;/h2-4,9-10H,5-8H2,1H3;1H/t10-,15-;/m0./s1. The number of methoxy groups -OCH3 is 1. The van der Waals surface area contributed by atoms with Crippen LogP contribution in [0.2, 0.25) is 0 Å². The van der Waals surface area contributed by atoms with E-state index in [1.54, 1.807) is 23.1 Å². The molecule has 0 unspecified atom stereocenters. The predicted octanol–water partition coefficient (Wildman–Crippen LogP) is 0.413. The number of amides is 1. The molecule has 2 atom stereocenters. The molecule has 2 fully saturated rings. The zero-order valence-corrected chi connectivity index (χ0v) is 13.9. The highest BCUT2D eigenvalue weighted by molar-refractivity contribution is 5.94. The molecule has 0 spiro atoms. The van der Waals surface area contributed by atoms with Crippen LogP contribution in [0.3, 0.4) is 0 Å². The van der Waals surface area contributed by atoms with Crippen LogP contribution in [0.15, 0.2) is 24.5 Å². The molecule has 2 aromatic rings. The smallest absolute Gasteiger partial charge is 0.316 e.